The summed E-state index contributed by atoms with van der Waals surface area (Å²) in [6, 6.07) is 15.7. The molecule has 0 unspecified atom stereocenters. The average Bonchev–Trinajstić information content (AvgIpc) is 3.19. The minimum atomic E-state index is -3.58. The van der Waals surface area contributed by atoms with Gasteiger partial charge in [-0.2, -0.15) is 8.78 Å². The van der Waals surface area contributed by atoms with Gasteiger partial charge in [0, 0.05) is 62.4 Å². The second kappa shape index (κ2) is 10.3. The Balaban J connectivity index is 1.64. The molecule has 8 nitrogen and oxygen atoms in total. The lowest BCUT2D eigenvalue weighted by molar-refractivity contribution is -0.143. The Kier molecular flexibility index (Phi) is 7.19. The third-order valence-electron chi connectivity index (χ3n) is 6.30. The number of halogens is 2. The van der Waals surface area contributed by atoms with E-state index in [9.17, 15) is 23.2 Å². The van der Waals surface area contributed by atoms with Crippen molar-refractivity contribution in [2.45, 2.75) is 37.9 Å². The van der Waals surface area contributed by atoms with Gasteiger partial charge in [0.2, 0.25) is 5.91 Å². The number of carbonyl (C=O) groups excluding carboxylic acids is 2. The smallest absolute Gasteiger partial charge is 0.321 e. The van der Waals surface area contributed by atoms with Crippen molar-refractivity contribution in [3.05, 3.63) is 93.9 Å². The molecule has 4 rings (SSSR count). The van der Waals surface area contributed by atoms with Crippen LogP contribution in [0.25, 0.3) is 0 Å². The fourth-order valence-electron chi connectivity index (χ4n) is 4.37. The van der Waals surface area contributed by atoms with Gasteiger partial charge in [-0.1, -0.05) is 30.3 Å². The Hall–Kier alpha value is -4.34. The van der Waals surface area contributed by atoms with E-state index in [4.69, 9.17) is 5.41 Å². The minimum Gasteiger partial charge on any atom is -0.380 e. The third kappa shape index (κ3) is 5.58. The zero-order valence-electron chi connectivity index (χ0n) is 20.4. The molecule has 37 heavy (non-hydrogen) atoms. The van der Waals surface area contributed by atoms with Gasteiger partial charge in [-0.15, -0.1) is 0 Å². The van der Waals surface area contributed by atoms with Crippen molar-refractivity contribution in [1.29, 1.82) is 5.41 Å². The highest BCUT2D eigenvalue weighted by molar-refractivity contribution is 6.00. The van der Waals surface area contributed by atoms with E-state index in [1.807, 2.05) is 6.07 Å². The summed E-state index contributed by atoms with van der Waals surface area (Å²) >= 11 is 0. The first-order chi connectivity index (χ1) is 17.6. The number of aryl methyl sites for hydroxylation is 1. The zero-order valence-corrected chi connectivity index (χ0v) is 20.4. The van der Waals surface area contributed by atoms with Crippen molar-refractivity contribution in [3.8, 4) is 0 Å². The molecule has 1 fully saturated rings. The number of hydrogen-bond donors (Lipinski definition) is 3. The normalized spacial score (nSPS) is 17.5. The first-order valence-corrected chi connectivity index (χ1v) is 11.7. The van der Waals surface area contributed by atoms with E-state index >= 15 is 0 Å². The van der Waals surface area contributed by atoms with E-state index in [1.165, 1.54) is 15.5 Å². The molecule has 2 heterocycles. The highest BCUT2D eigenvalue weighted by atomic mass is 19.3. The lowest BCUT2D eigenvalue weighted by Gasteiger charge is -2.30. The first-order valence-electron chi connectivity index (χ1n) is 11.7. The topological polar surface area (TPSA) is 107 Å². The van der Waals surface area contributed by atoms with Crippen molar-refractivity contribution in [1.82, 2.24) is 9.88 Å². The van der Waals surface area contributed by atoms with Crippen LogP contribution in [0.3, 0.4) is 0 Å². The molecule has 2 aromatic carbocycles. The number of anilines is 2. The molecule has 1 saturated heterocycles. The van der Waals surface area contributed by atoms with E-state index in [0.717, 1.165) is 11.8 Å². The quantitative estimate of drug-likeness (QED) is 0.405. The zero-order chi connectivity index (χ0) is 26.7. The van der Waals surface area contributed by atoms with Crippen LogP contribution in [0.4, 0.5) is 20.2 Å². The molecule has 10 heteroatoms. The number of carbonyl (C=O) groups is 2. The lowest BCUT2D eigenvalue weighted by Crippen LogP contribution is -2.46. The summed E-state index contributed by atoms with van der Waals surface area (Å²) in [5.41, 5.74) is 2.90. The maximum Gasteiger partial charge on any atom is 0.321 e. The summed E-state index contributed by atoms with van der Waals surface area (Å²) in [5, 5.41) is 13.5. The number of hydrogen-bond acceptors (Lipinski definition) is 5. The molecule has 1 aromatic heterocycles. The van der Waals surface area contributed by atoms with Crippen LogP contribution in [0.5, 0.6) is 0 Å². The predicted octanol–water partition coefficient (Wildman–Crippen LogP) is 3.61. The number of pyridine rings is 1. The fraction of sp³-hybridized carbons (Fsp3) is 0.259. The Morgan fingerprint density at radius 1 is 1.14 bits per heavy atom. The number of benzene rings is 2. The summed E-state index contributed by atoms with van der Waals surface area (Å²) in [6.07, 6.45) is 2.67. The fourth-order valence-corrected chi connectivity index (χ4v) is 4.37. The van der Waals surface area contributed by atoms with E-state index in [1.54, 1.807) is 61.8 Å². The van der Waals surface area contributed by atoms with Gasteiger partial charge < -0.3 is 25.5 Å². The van der Waals surface area contributed by atoms with Crippen LogP contribution in [0, 0.1) is 5.41 Å². The van der Waals surface area contributed by atoms with Gasteiger partial charge in [-0.05, 0) is 35.4 Å². The van der Waals surface area contributed by atoms with E-state index in [-0.39, 0.29) is 17.9 Å². The van der Waals surface area contributed by atoms with Crippen molar-refractivity contribution in [2.75, 3.05) is 10.2 Å². The standard InChI is InChI=1S/C27H27F2N5O3/c1-27(28,29)26(37)32-22-14-24(36)34(25(22)18-6-4-3-5-7-18)20-8-9-21(19(13-20)15-30)31-16-17-10-11-33(2)23(35)12-17/h3-13,15,22,25,30-31H,14,16H2,1-2H3,(H,32,37)/t22-,25+/m0/s1. The molecule has 0 aliphatic carbocycles. The van der Waals surface area contributed by atoms with Gasteiger partial charge in [0.25, 0.3) is 11.5 Å². The molecule has 0 saturated carbocycles. The number of aromatic nitrogens is 1. The summed E-state index contributed by atoms with van der Waals surface area (Å²) in [5.74, 6) is -5.36. The molecular weight excluding hydrogens is 480 g/mol. The van der Waals surface area contributed by atoms with E-state index in [2.05, 4.69) is 10.6 Å². The van der Waals surface area contributed by atoms with Crippen molar-refractivity contribution in [2.24, 2.45) is 7.05 Å². The number of nitrogens with zero attached hydrogens (tertiary/aromatic N) is 2. The van der Waals surface area contributed by atoms with Gasteiger partial charge in [0.1, 0.15) is 0 Å². The minimum absolute atomic E-state index is 0.135. The van der Waals surface area contributed by atoms with Gasteiger partial charge in [0.15, 0.2) is 0 Å². The summed E-state index contributed by atoms with van der Waals surface area (Å²) < 4.78 is 28.7. The Labute approximate surface area is 212 Å². The van der Waals surface area contributed by atoms with E-state index in [0.29, 0.717) is 36.0 Å². The number of alkyl halides is 2. The molecule has 192 valence electrons. The van der Waals surface area contributed by atoms with Crippen LogP contribution in [-0.2, 0) is 23.2 Å². The molecule has 3 N–H and O–H groups in total. The molecular formula is C27H27F2N5O3. The SMILES string of the molecule is Cn1ccc(CNc2ccc(N3C(=O)C[C@H](NC(=O)C(C)(F)F)[C@H]3c3ccccc3)cc2C=N)cc1=O. The molecule has 1 aliphatic heterocycles. The summed E-state index contributed by atoms with van der Waals surface area (Å²) in [6.45, 7) is 0.870. The predicted molar refractivity (Wildman–Crippen MR) is 137 cm³/mol. The Morgan fingerprint density at radius 2 is 1.86 bits per heavy atom. The Bertz CT molecular complexity index is 1380. The van der Waals surface area contributed by atoms with Crippen LogP contribution >= 0.6 is 0 Å². The second-order valence-electron chi connectivity index (χ2n) is 9.05. The van der Waals surface area contributed by atoms with Gasteiger partial charge >= 0.3 is 5.92 Å². The highest BCUT2D eigenvalue weighted by Crippen LogP contribution is 2.38. The van der Waals surface area contributed by atoms with Gasteiger partial charge in [0.05, 0.1) is 12.1 Å². The summed E-state index contributed by atoms with van der Waals surface area (Å²) in [7, 11) is 1.66. The first kappa shape index (κ1) is 25.7. The second-order valence-corrected chi connectivity index (χ2v) is 9.05. The molecule has 0 radical (unpaired) electrons. The van der Waals surface area contributed by atoms with Crippen LogP contribution in [0.2, 0.25) is 0 Å². The molecule has 1 aliphatic rings. The average molecular weight is 508 g/mol. The van der Waals surface area contributed by atoms with Gasteiger partial charge in [-0.25, -0.2) is 0 Å². The number of rotatable bonds is 8. The lowest BCUT2D eigenvalue weighted by atomic mass is 9.99. The Morgan fingerprint density at radius 3 is 2.51 bits per heavy atom. The van der Waals surface area contributed by atoms with Gasteiger partial charge in [-0.3, -0.25) is 14.4 Å². The van der Waals surface area contributed by atoms with Crippen molar-refractivity contribution < 1.29 is 18.4 Å². The molecule has 3 aromatic rings. The maximum atomic E-state index is 13.6. The van der Waals surface area contributed by atoms with Crippen molar-refractivity contribution in [3.63, 3.8) is 0 Å². The van der Waals surface area contributed by atoms with Crippen LogP contribution < -0.4 is 21.1 Å². The molecule has 0 spiro atoms. The van der Waals surface area contributed by atoms with Crippen LogP contribution in [0.15, 0.2) is 71.7 Å². The largest absolute Gasteiger partial charge is 0.380 e. The third-order valence-corrected chi connectivity index (χ3v) is 6.30. The van der Waals surface area contributed by atoms with Crippen molar-refractivity contribution >= 4 is 29.4 Å². The summed E-state index contributed by atoms with van der Waals surface area (Å²) in [4.78, 5) is 38.6. The molecule has 2 atom stereocenters. The highest BCUT2D eigenvalue weighted by Gasteiger charge is 2.45. The number of amides is 2. The number of nitrogens with one attached hydrogen (secondary N) is 3. The molecule has 0 bridgehead atoms. The molecule has 2 amide bonds. The monoisotopic (exact) mass is 507 g/mol. The van der Waals surface area contributed by atoms with Crippen LogP contribution in [-0.4, -0.2) is 34.6 Å². The van der Waals surface area contributed by atoms with Crippen LogP contribution in [0.1, 0.15) is 36.1 Å². The van der Waals surface area contributed by atoms with E-state index < -0.39 is 23.9 Å². The maximum absolute atomic E-state index is 13.6.